The fraction of sp³-hybridized carbons (Fsp3) is 0.286. The van der Waals surface area contributed by atoms with E-state index in [1.165, 1.54) is 12.1 Å². The molecule has 1 unspecified atom stereocenters. The predicted molar refractivity (Wildman–Crippen MR) is 74.3 cm³/mol. The zero-order valence-electron chi connectivity index (χ0n) is 10.5. The third-order valence-corrected chi connectivity index (χ3v) is 3.93. The number of fused-ring (bicyclic) bond motifs is 1. The van der Waals surface area contributed by atoms with E-state index < -0.39 is 24.3 Å². The maximum atomic E-state index is 13.2. The standard InChI is InChI=1S/C14H12BrF2NO2/c1-8(7-15)6-11(12(16)17)18-13(19)9-4-2-3-5-10(9)14(18)20/h2-5,11-12H,1,6-7H2. The highest BCUT2D eigenvalue weighted by molar-refractivity contribution is 9.09. The summed E-state index contributed by atoms with van der Waals surface area (Å²) in [7, 11) is 0. The molecule has 1 atom stereocenters. The number of benzene rings is 1. The molecule has 2 amide bonds. The summed E-state index contributed by atoms with van der Waals surface area (Å²) in [6.45, 7) is 3.64. The van der Waals surface area contributed by atoms with Crippen LogP contribution in [0.2, 0.25) is 0 Å². The molecule has 0 saturated heterocycles. The first-order valence-corrected chi connectivity index (χ1v) is 7.07. The van der Waals surface area contributed by atoms with E-state index in [0.29, 0.717) is 15.8 Å². The summed E-state index contributed by atoms with van der Waals surface area (Å²) in [6, 6.07) is 4.66. The number of amides is 2. The molecule has 0 radical (unpaired) electrons. The Bertz CT molecular complexity index is 539. The molecule has 0 saturated carbocycles. The third-order valence-electron chi connectivity index (χ3n) is 3.13. The zero-order valence-corrected chi connectivity index (χ0v) is 12.1. The Morgan fingerprint density at radius 3 is 2.10 bits per heavy atom. The van der Waals surface area contributed by atoms with Crippen molar-refractivity contribution in [3.63, 3.8) is 0 Å². The monoisotopic (exact) mass is 343 g/mol. The number of halogens is 3. The van der Waals surface area contributed by atoms with Crippen molar-refractivity contribution in [1.29, 1.82) is 0 Å². The number of hydrogen-bond donors (Lipinski definition) is 0. The fourth-order valence-corrected chi connectivity index (χ4v) is 2.38. The largest absolute Gasteiger partial charge is 0.269 e. The van der Waals surface area contributed by atoms with Gasteiger partial charge >= 0.3 is 0 Å². The van der Waals surface area contributed by atoms with Crippen molar-refractivity contribution in [1.82, 2.24) is 4.90 Å². The molecule has 1 aromatic rings. The van der Waals surface area contributed by atoms with Crippen molar-refractivity contribution in [2.75, 3.05) is 5.33 Å². The highest BCUT2D eigenvalue weighted by atomic mass is 79.9. The van der Waals surface area contributed by atoms with E-state index in [4.69, 9.17) is 0 Å². The lowest BCUT2D eigenvalue weighted by Gasteiger charge is -2.25. The lowest BCUT2D eigenvalue weighted by atomic mass is 10.1. The second kappa shape index (κ2) is 5.83. The van der Waals surface area contributed by atoms with Gasteiger partial charge in [-0.1, -0.05) is 40.2 Å². The highest BCUT2D eigenvalue weighted by Gasteiger charge is 2.43. The normalized spacial score (nSPS) is 15.7. The van der Waals surface area contributed by atoms with Gasteiger partial charge in [-0.15, -0.1) is 0 Å². The summed E-state index contributed by atoms with van der Waals surface area (Å²) in [5.41, 5.74) is 0.854. The van der Waals surface area contributed by atoms with E-state index in [0.717, 1.165) is 0 Å². The first-order chi connectivity index (χ1) is 9.47. The second-order valence-corrected chi connectivity index (χ2v) is 5.08. The van der Waals surface area contributed by atoms with Gasteiger partial charge < -0.3 is 0 Å². The molecule has 6 heteroatoms. The Kier molecular flexibility index (Phi) is 4.32. The Morgan fingerprint density at radius 1 is 1.20 bits per heavy atom. The van der Waals surface area contributed by atoms with Crippen molar-refractivity contribution in [2.45, 2.75) is 18.9 Å². The lowest BCUT2D eigenvalue weighted by Crippen LogP contribution is -2.44. The van der Waals surface area contributed by atoms with Gasteiger partial charge in [0.1, 0.15) is 6.04 Å². The Labute approximate surface area is 123 Å². The molecule has 1 aliphatic heterocycles. The molecule has 0 aliphatic carbocycles. The molecule has 106 valence electrons. The topological polar surface area (TPSA) is 37.4 Å². The fourth-order valence-electron chi connectivity index (χ4n) is 2.15. The first-order valence-electron chi connectivity index (χ1n) is 5.95. The molecule has 2 rings (SSSR count). The molecule has 0 N–H and O–H groups in total. The SMILES string of the molecule is C=C(CBr)CC(C(F)F)N1C(=O)c2ccccc2C1=O. The van der Waals surface area contributed by atoms with E-state index in [9.17, 15) is 18.4 Å². The predicted octanol–water partition coefficient (Wildman–Crippen LogP) is 3.26. The summed E-state index contributed by atoms with van der Waals surface area (Å²) in [5.74, 6) is -1.34. The van der Waals surface area contributed by atoms with Crippen LogP contribution >= 0.6 is 15.9 Å². The van der Waals surface area contributed by atoms with Crippen LogP contribution in [-0.2, 0) is 0 Å². The smallest absolute Gasteiger partial charge is 0.262 e. The van der Waals surface area contributed by atoms with Crippen LogP contribution in [0.4, 0.5) is 8.78 Å². The Balaban J connectivity index is 2.35. The number of imide groups is 1. The summed E-state index contributed by atoms with van der Waals surface area (Å²) >= 11 is 3.13. The minimum atomic E-state index is -2.81. The van der Waals surface area contributed by atoms with Crippen LogP contribution in [0.1, 0.15) is 27.1 Å². The van der Waals surface area contributed by atoms with Crippen molar-refractivity contribution in [3.05, 3.63) is 47.5 Å². The minimum absolute atomic E-state index is 0.117. The average Bonchev–Trinajstić information content (AvgIpc) is 2.69. The van der Waals surface area contributed by atoms with E-state index in [1.54, 1.807) is 12.1 Å². The molecule has 1 aliphatic rings. The molecule has 0 aromatic heterocycles. The number of alkyl halides is 3. The van der Waals surface area contributed by atoms with Gasteiger partial charge in [0.25, 0.3) is 18.2 Å². The maximum Gasteiger partial charge on any atom is 0.262 e. The van der Waals surface area contributed by atoms with Gasteiger partial charge in [0, 0.05) is 5.33 Å². The maximum absolute atomic E-state index is 13.2. The summed E-state index contributed by atoms with van der Waals surface area (Å²) in [6.07, 6.45) is -2.93. The number of carbonyl (C=O) groups excluding carboxylic acids is 2. The van der Waals surface area contributed by atoms with Crippen LogP contribution in [0.25, 0.3) is 0 Å². The van der Waals surface area contributed by atoms with Gasteiger partial charge in [0.2, 0.25) is 0 Å². The molecule has 3 nitrogen and oxygen atoms in total. The van der Waals surface area contributed by atoms with E-state index >= 15 is 0 Å². The Hall–Kier alpha value is -1.56. The molecular formula is C14H12BrF2NO2. The summed E-state index contributed by atoms with van der Waals surface area (Å²) in [4.78, 5) is 25.0. The van der Waals surface area contributed by atoms with Crippen molar-refractivity contribution in [2.24, 2.45) is 0 Å². The van der Waals surface area contributed by atoms with Crippen LogP contribution in [0.3, 0.4) is 0 Å². The van der Waals surface area contributed by atoms with Crippen LogP contribution in [0.15, 0.2) is 36.4 Å². The number of nitrogens with zero attached hydrogens (tertiary/aromatic N) is 1. The zero-order chi connectivity index (χ0) is 14.9. The van der Waals surface area contributed by atoms with E-state index in [2.05, 4.69) is 22.5 Å². The number of carbonyl (C=O) groups is 2. The minimum Gasteiger partial charge on any atom is -0.269 e. The van der Waals surface area contributed by atoms with Crippen LogP contribution < -0.4 is 0 Å². The lowest BCUT2D eigenvalue weighted by molar-refractivity contribution is 0.0231. The van der Waals surface area contributed by atoms with Crippen molar-refractivity contribution < 1.29 is 18.4 Å². The molecular weight excluding hydrogens is 332 g/mol. The van der Waals surface area contributed by atoms with Crippen molar-refractivity contribution in [3.8, 4) is 0 Å². The van der Waals surface area contributed by atoms with Crippen LogP contribution in [0.5, 0.6) is 0 Å². The highest BCUT2D eigenvalue weighted by Crippen LogP contribution is 2.29. The second-order valence-electron chi connectivity index (χ2n) is 4.52. The average molecular weight is 344 g/mol. The molecule has 0 fully saturated rings. The molecule has 0 spiro atoms. The molecule has 0 bridgehead atoms. The Morgan fingerprint density at radius 2 is 1.70 bits per heavy atom. The van der Waals surface area contributed by atoms with Gasteiger partial charge in [-0.2, -0.15) is 0 Å². The van der Waals surface area contributed by atoms with E-state index in [1.807, 2.05) is 0 Å². The molecule has 1 aromatic carbocycles. The number of rotatable bonds is 5. The molecule has 1 heterocycles. The van der Waals surface area contributed by atoms with Gasteiger partial charge in [-0.3, -0.25) is 14.5 Å². The van der Waals surface area contributed by atoms with Gasteiger partial charge in [-0.25, -0.2) is 8.78 Å². The summed E-state index contributed by atoms with van der Waals surface area (Å²) < 4.78 is 26.4. The third kappa shape index (κ3) is 2.52. The van der Waals surface area contributed by atoms with Gasteiger partial charge in [0.15, 0.2) is 0 Å². The van der Waals surface area contributed by atoms with Crippen LogP contribution in [-0.4, -0.2) is 34.5 Å². The van der Waals surface area contributed by atoms with Crippen molar-refractivity contribution >= 4 is 27.7 Å². The van der Waals surface area contributed by atoms with Gasteiger partial charge in [0.05, 0.1) is 11.1 Å². The van der Waals surface area contributed by atoms with Crippen LogP contribution in [0, 0.1) is 0 Å². The quantitative estimate of drug-likeness (QED) is 0.467. The first kappa shape index (κ1) is 14.8. The van der Waals surface area contributed by atoms with Gasteiger partial charge in [-0.05, 0) is 18.6 Å². The van der Waals surface area contributed by atoms with E-state index in [-0.39, 0.29) is 17.5 Å². The summed E-state index contributed by atoms with van der Waals surface area (Å²) in [5, 5.41) is 0.347. The molecule has 20 heavy (non-hydrogen) atoms. The number of hydrogen-bond acceptors (Lipinski definition) is 2.